The first-order valence-corrected chi connectivity index (χ1v) is 7.56. The van der Waals surface area contributed by atoms with Crippen molar-refractivity contribution in [3.8, 4) is 0 Å². The van der Waals surface area contributed by atoms with Crippen molar-refractivity contribution in [2.45, 2.75) is 0 Å². The van der Waals surface area contributed by atoms with Crippen LogP contribution in [0.25, 0.3) is 6.08 Å². The summed E-state index contributed by atoms with van der Waals surface area (Å²) in [5, 5.41) is 15.8. The third-order valence-corrected chi connectivity index (χ3v) is 3.78. The van der Waals surface area contributed by atoms with E-state index in [1.165, 1.54) is 11.3 Å². The number of aryl methyl sites for hydroxylation is 1. The second-order valence-electron chi connectivity index (χ2n) is 4.51. The van der Waals surface area contributed by atoms with E-state index in [1.807, 2.05) is 29.9 Å². The molecule has 0 spiro atoms. The van der Waals surface area contributed by atoms with Gasteiger partial charge in [0.15, 0.2) is 0 Å². The Morgan fingerprint density at radius 1 is 1.36 bits per heavy atom. The Morgan fingerprint density at radius 3 is 2.77 bits per heavy atom. The monoisotopic (exact) mass is 319 g/mol. The van der Waals surface area contributed by atoms with Crippen molar-refractivity contribution in [1.82, 2.24) is 15.2 Å². The average molecular weight is 319 g/mol. The molecule has 22 heavy (non-hydrogen) atoms. The Morgan fingerprint density at radius 2 is 2.18 bits per heavy atom. The highest BCUT2D eigenvalue weighted by Crippen LogP contribution is 2.11. The number of hydrogen-bond donors (Lipinski definition) is 3. The summed E-state index contributed by atoms with van der Waals surface area (Å²) < 4.78 is 1.83. The second-order valence-corrected chi connectivity index (χ2v) is 5.46. The number of hydrogen-bond acceptors (Lipinski definition) is 4. The van der Waals surface area contributed by atoms with E-state index in [1.54, 1.807) is 23.6 Å². The Kier molecular flexibility index (Phi) is 5.51. The van der Waals surface area contributed by atoms with Gasteiger partial charge in [-0.1, -0.05) is 6.07 Å². The SMILES string of the molecule is Cn1cccc1/C=C(/NC(=O)c1cccs1)C(=O)NCCO. The van der Waals surface area contributed by atoms with Crippen LogP contribution in [-0.4, -0.2) is 34.6 Å². The lowest BCUT2D eigenvalue weighted by atomic mass is 10.3. The number of rotatable bonds is 6. The molecule has 0 bridgehead atoms. The first-order chi connectivity index (χ1) is 10.6. The van der Waals surface area contributed by atoms with Crippen LogP contribution in [0.15, 0.2) is 41.5 Å². The van der Waals surface area contributed by atoms with Crippen LogP contribution in [0.2, 0.25) is 0 Å². The van der Waals surface area contributed by atoms with Gasteiger partial charge in [-0.25, -0.2) is 0 Å². The van der Waals surface area contributed by atoms with Crippen LogP contribution >= 0.6 is 11.3 Å². The summed E-state index contributed by atoms with van der Waals surface area (Å²) in [5.74, 6) is -0.783. The molecule has 116 valence electrons. The molecule has 2 aromatic rings. The third kappa shape index (κ3) is 4.06. The summed E-state index contributed by atoms with van der Waals surface area (Å²) in [7, 11) is 1.84. The van der Waals surface area contributed by atoms with Crippen molar-refractivity contribution in [2.75, 3.05) is 13.2 Å². The summed E-state index contributed by atoms with van der Waals surface area (Å²) >= 11 is 1.30. The Labute approximate surface area is 132 Å². The van der Waals surface area contributed by atoms with Gasteiger partial charge in [0.05, 0.1) is 11.5 Å². The van der Waals surface area contributed by atoms with Crippen molar-refractivity contribution >= 4 is 29.2 Å². The molecule has 3 N–H and O–H groups in total. The van der Waals surface area contributed by atoms with Gasteiger partial charge in [-0.3, -0.25) is 9.59 Å². The van der Waals surface area contributed by atoms with Gasteiger partial charge in [0, 0.05) is 25.5 Å². The zero-order valence-electron chi connectivity index (χ0n) is 12.1. The highest BCUT2D eigenvalue weighted by molar-refractivity contribution is 7.12. The van der Waals surface area contributed by atoms with Crippen molar-refractivity contribution in [3.05, 3.63) is 52.1 Å². The van der Waals surface area contributed by atoms with Crippen LogP contribution in [-0.2, 0) is 11.8 Å². The number of amides is 2. The predicted molar refractivity (Wildman–Crippen MR) is 85.3 cm³/mol. The number of carbonyl (C=O) groups is 2. The number of thiophene rings is 1. The fraction of sp³-hybridized carbons (Fsp3) is 0.200. The Balaban J connectivity index is 2.21. The van der Waals surface area contributed by atoms with Crippen LogP contribution in [0.1, 0.15) is 15.4 Å². The quantitative estimate of drug-likeness (QED) is 0.694. The van der Waals surface area contributed by atoms with Crippen LogP contribution < -0.4 is 10.6 Å². The number of nitrogens with one attached hydrogen (secondary N) is 2. The molecule has 0 unspecified atom stereocenters. The minimum atomic E-state index is -0.444. The Hall–Kier alpha value is -2.38. The van der Waals surface area contributed by atoms with E-state index < -0.39 is 5.91 Å². The molecule has 7 heteroatoms. The lowest BCUT2D eigenvalue weighted by Gasteiger charge is -2.10. The van der Waals surface area contributed by atoms with Crippen LogP contribution in [0.5, 0.6) is 0 Å². The third-order valence-electron chi connectivity index (χ3n) is 2.91. The Bertz CT molecular complexity index is 674. The molecule has 0 aliphatic heterocycles. The molecule has 0 aliphatic rings. The van der Waals surface area contributed by atoms with Crippen LogP contribution in [0, 0.1) is 0 Å². The van der Waals surface area contributed by atoms with Gasteiger partial charge in [-0.2, -0.15) is 0 Å². The molecule has 6 nitrogen and oxygen atoms in total. The molecule has 2 aromatic heterocycles. The first kappa shape index (κ1) is 16.0. The van der Waals surface area contributed by atoms with Gasteiger partial charge in [0.25, 0.3) is 11.8 Å². The zero-order chi connectivity index (χ0) is 15.9. The fourth-order valence-corrected chi connectivity index (χ4v) is 2.41. The predicted octanol–water partition coefficient (Wildman–Crippen LogP) is 0.966. The van der Waals surface area contributed by atoms with Crippen molar-refractivity contribution in [1.29, 1.82) is 0 Å². The molecule has 2 rings (SSSR count). The molecule has 2 heterocycles. The largest absolute Gasteiger partial charge is 0.395 e. The lowest BCUT2D eigenvalue weighted by molar-refractivity contribution is -0.117. The van der Waals surface area contributed by atoms with E-state index in [4.69, 9.17) is 5.11 Å². The molecule has 0 radical (unpaired) electrons. The number of carbonyl (C=O) groups excluding carboxylic acids is 2. The summed E-state index contributed by atoms with van der Waals surface area (Å²) in [6.45, 7) is -0.0414. The highest BCUT2D eigenvalue weighted by atomic mass is 32.1. The summed E-state index contributed by atoms with van der Waals surface area (Å²) in [4.78, 5) is 24.8. The number of aliphatic hydroxyl groups is 1. The highest BCUT2D eigenvalue weighted by Gasteiger charge is 2.15. The van der Waals surface area contributed by atoms with E-state index in [-0.39, 0.29) is 24.8 Å². The van der Waals surface area contributed by atoms with Crippen molar-refractivity contribution < 1.29 is 14.7 Å². The normalized spacial score (nSPS) is 11.3. The van der Waals surface area contributed by atoms with Crippen LogP contribution in [0.3, 0.4) is 0 Å². The average Bonchev–Trinajstić information content (AvgIpc) is 3.16. The number of nitrogens with zero attached hydrogens (tertiary/aromatic N) is 1. The first-order valence-electron chi connectivity index (χ1n) is 6.68. The van der Waals surface area contributed by atoms with Crippen molar-refractivity contribution in [2.24, 2.45) is 7.05 Å². The smallest absolute Gasteiger partial charge is 0.267 e. The maximum atomic E-state index is 12.1. The molecule has 0 fully saturated rings. The standard InChI is InChI=1S/C15H17N3O3S/c1-18-7-2-4-11(18)10-12(14(20)16-6-8-19)17-15(21)13-5-3-9-22-13/h2-5,7,9-10,19H,6,8H2,1H3,(H,16,20)(H,17,21)/b12-10+. The molecular weight excluding hydrogens is 302 g/mol. The molecule has 0 aromatic carbocycles. The van der Waals surface area contributed by atoms with Crippen LogP contribution in [0.4, 0.5) is 0 Å². The molecule has 2 amide bonds. The van der Waals surface area contributed by atoms with E-state index in [9.17, 15) is 9.59 Å². The van der Waals surface area contributed by atoms with Gasteiger partial charge in [0.1, 0.15) is 5.70 Å². The van der Waals surface area contributed by atoms with E-state index in [2.05, 4.69) is 10.6 Å². The fourth-order valence-electron chi connectivity index (χ4n) is 1.79. The number of aliphatic hydroxyl groups excluding tert-OH is 1. The summed E-state index contributed by atoms with van der Waals surface area (Å²) in [5.41, 5.74) is 0.911. The van der Waals surface area contributed by atoms with Gasteiger partial charge in [0.2, 0.25) is 0 Å². The van der Waals surface area contributed by atoms with Gasteiger partial charge in [-0.15, -0.1) is 11.3 Å². The molecule has 0 atom stereocenters. The summed E-state index contributed by atoms with van der Waals surface area (Å²) in [6, 6.07) is 7.13. The molecule has 0 saturated heterocycles. The number of aromatic nitrogens is 1. The van der Waals surface area contributed by atoms with Gasteiger partial charge < -0.3 is 20.3 Å². The van der Waals surface area contributed by atoms with E-state index >= 15 is 0 Å². The second kappa shape index (κ2) is 7.58. The summed E-state index contributed by atoms with van der Waals surface area (Å²) in [6.07, 6.45) is 3.44. The maximum absolute atomic E-state index is 12.1. The molecule has 0 saturated carbocycles. The maximum Gasteiger partial charge on any atom is 0.267 e. The lowest BCUT2D eigenvalue weighted by Crippen LogP contribution is -2.35. The van der Waals surface area contributed by atoms with Gasteiger partial charge >= 0.3 is 0 Å². The minimum Gasteiger partial charge on any atom is -0.395 e. The van der Waals surface area contributed by atoms with E-state index in [0.717, 1.165) is 5.69 Å². The molecular formula is C15H17N3O3S. The van der Waals surface area contributed by atoms with Gasteiger partial charge in [-0.05, 0) is 29.7 Å². The van der Waals surface area contributed by atoms with Crippen molar-refractivity contribution in [3.63, 3.8) is 0 Å². The minimum absolute atomic E-state index is 0.123. The topological polar surface area (TPSA) is 83.4 Å². The molecule has 0 aliphatic carbocycles. The van der Waals surface area contributed by atoms with E-state index in [0.29, 0.717) is 4.88 Å². The zero-order valence-corrected chi connectivity index (χ0v) is 12.9.